The number of carbonyl (C=O) groups is 2. The number of carboxylic acids is 2. The zero-order valence-corrected chi connectivity index (χ0v) is 34.3. The minimum absolute atomic E-state index is 0. The van der Waals surface area contributed by atoms with Crippen LogP contribution in [0.25, 0.3) is 22.3 Å². The average molecular weight is 873 g/mol. The summed E-state index contributed by atoms with van der Waals surface area (Å²) in [4.78, 5) is 22.2. The van der Waals surface area contributed by atoms with E-state index in [-0.39, 0.29) is 31.0 Å². The third-order valence-electron chi connectivity index (χ3n) is 9.00. The van der Waals surface area contributed by atoms with Crippen LogP contribution in [0, 0.1) is 0 Å². The highest BCUT2D eigenvalue weighted by molar-refractivity contribution is 6.30. The third kappa shape index (κ3) is 15.6. The van der Waals surface area contributed by atoms with Crippen molar-refractivity contribution in [3.63, 3.8) is 0 Å². The first-order chi connectivity index (χ1) is 28.0. The van der Waals surface area contributed by atoms with Crippen LogP contribution in [0.5, 0.6) is 0 Å². The van der Waals surface area contributed by atoms with Gasteiger partial charge in [0.1, 0.15) is 0 Å². The fraction of sp³-hybridized carbons (Fsp3) is 0.191. The molecular weight excluding hydrogens is 823 g/mol. The minimum Gasteiger partial charge on any atom is -0.545 e. The van der Waals surface area contributed by atoms with Gasteiger partial charge >= 0.3 is 5.97 Å². The number of benzene rings is 6. The fourth-order valence-electron chi connectivity index (χ4n) is 6.01. The first kappa shape index (κ1) is 48.9. The summed E-state index contributed by atoms with van der Waals surface area (Å²) in [5.74, 6) is -2.13. The highest BCUT2D eigenvalue weighted by Gasteiger charge is 2.09. The van der Waals surface area contributed by atoms with E-state index < -0.39 is 24.1 Å². The van der Waals surface area contributed by atoms with Gasteiger partial charge in [-0.25, -0.2) is 4.79 Å². The number of carbonyl (C=O) groups excluding carboxylic acids is 1. The predicted octanol–water partition coefficient (Wildman–Crippen LogP) is 8.60. The van der Waals surface area contributed by atoms with Crippen LogP contribution in [-0.2, 0) is 0 Å². The molecular formula is C47H50Cl3N4O6-. The number of halogens is 3. The molecule has 0 unspecified atom stereocenters. The van der Waals surface area contributed by atoms with Gasteiger partial charge in [-0.2, -0.15) is 0 Å². The van der Waals surface area contributed by atoms with Gasteiger partial charge in [0.2, 0.25) is 0 Å². The molecule has 0 aliphatic heterocycles. The Kier molecular flexibility index (Phi) is 20.6. The maximum Gasteiger partial charge on any atom is 0.335 e. The minimum atomic E-state index is -1.19. The Morgan fingerprint density at radius 2 is 0.917 bits per heavy atom. The largest absolute Gasteiger partial charge is 0.545 e. The van der Waals surface area contributed by atoms with Gasteiger partial charge in [-0.05, 0) is 106 Å². The van der Waals surface area contributed by atoms with Gasteiger partial charge in [-0.1, -0.05) is 109 Å². The Hall–Kier alpha value is -5.43. The molecule has 60 heavy (non-hydrogen) atoms. The summed E-state index contributed by atoms with van der Waals surface area (Å²) in [7, 11) is 0. The molecule has 0 bridgehead atoms. The smallest absolute Gasteiger partial charge is 0.335 e. The van der Waals surface area contributed by atoms with Crippen molar-refractivity contribution in [2.24, 2.45) is 0 Å². The summed E-state index contributed by atoms with van der Waals surface area (Å²) < 4.78 is 0. The van der Waals surface area contributed by atoms with Crippen LogP contribution in [0.3, 0.4) is 0 Å². The molecule has 0 heterocycles. The molecule has 10 nitrogen and oxygen atoms in total. The Morgan fingerprint density at radius 1 is 0.533 bits per heavy atom. The standard InChI is InChI=1S/2C23H23ClN2O3.CH4.ClH/c2*24-20-8-2-6-18(13-20)22(27)15-25-10-11-26-21-9-3-5-17(14-21)16-4-1-7-19(12-16)23(28)29;;/h2*1-9,12-14,22,25-27H,10-11,15H2,(H,28,29);1H4;1H/p-1/t2*22-;;/m00../s1. The Bertz CT molecular complexity index is 2120. The van der Waals surface area contributed by atoms with Crippen LogP contribution < -0.4 is 26.4 Å². The number of nitrogens with one attached hydrogen (secondary N) is 4. The lowest BCUT2D eigenvalue weighted by Gasteiger charge is -2.13. The normalized spacial score (nSPS) is 11.4. The van der Waals surface area contributed by atoms with Crippen LogP contribution in [-0.4, -0.2) is 66.5 Å². The second-order valence-corrected chi connectivity index (χ2v) is 14.2. The average Bonchev–Trinajstić information content (AvgIpc) is 3.24. The number of hydrogen-bond acceptors (Lipinski definition) is 9. The van der Waals surface area contributed by atoms with Crippen LogP contribution in [0.1, 0.15) is 51.5 Å². The number of anilines is 2. The van der Waals surface area contributed by atoms with Crippen molar-refractivity contribution >= 4 is 58.9 Å². The zero-order chi connectivity index (χ0) is 41.3. The topological polar surface area (TPSA) is 166 Å². The van der Waals surface area contributed by atoms with E-state index >= 15 is 0 Å². The lowest BCUT2D eigenvalue weighted by molar-refractivity contribution is -0.255. The molecule has 0 radical (unpaired) electrons. The van der Waals surface area contributed by atoms with Gasteiger partial charge in [-0.15, -0.1) is 12.4 Å². The van der Waals surface area contributed by atoms with Crippen LogP contribution in [0.4, 0.5) is 11.4 Å². The van der Waals surface area contributed by atoms with E-state index in [0.29, 0.717) is 49.3 Å². The molecule has 6 aromatic rings. The van der Waals surface area contributed by atoms with Gasteiger partial charge < -0.3 is 46.5 Å². The van der Waals surface area contributed by atoms with Gasteiger partial charge in [-0.3, -0.25) is 0 Å². The monoisotopic (exact) mass is 871 g/mol. The van der Waals surface area contributed by atoms with E-state index in [1.54, 1.807) is 54.6 Å². The molecule has 0 amide bonds. The molecule has 13 heteroatoms. The molecule has 316 valence electrons. The first-order valence-corrected chi connectivity index (χ1v) is 19.4. The van der Waals surface area contributed by atoms with E-state index in [4.69, 9.17) is 28.3 Å². The van der Waals surface area contributed by atoms with Gasteiger partial charge in [0.05, 0.1) is 23.7 Å². The fourth-order valence-corrected chi connectivity index (χ4v) is 6.40. The van der Waals surface area contributed by atoms with Gasteiger partial charge in [0.25, 0.3) is 0 Å². The van der Waals surface area contributed by atoms with Crippen molar-refractivity contribution in [3.8, 4) is 22.3 Å². The quantitative estimate of drug-likeness (QED) is 0.0416. The number of aliphatic hydroxyl groups excluding tert-OH is 2. The van der Waals surface area contributed by atoms with Gasteiger partial charge in [0, 0.05) is 60.7 Å². The summed E-state index contributed by atoms with van der Waals surface area (Å²) in [5.41, 5.74) is 7.41. The van der Waals surface area contributed by atoms with Gasteiger partial charge in [0.15, 0.2) is 0 Å². The lowest BCUT2D eigenvalue weighted by Crippen LogP contribution is -2.26. The molecule has 6 aromatic carbocycles. The summed E-state index contributed by atoms with van der Waals surface area (Å²) >= 11 is 11.9. The summed E-state index contributed by atoms with van der Waals surface area (Å²) in [5, 5.41) is 54.9. The van der Waals surface area contributed by atoms with Crippen molar-refractivity contribution < 1.29 is 30.0 Å². The summed E-state index contributed by atoms with van der Waals surface area (Å²) in [6, 6.07) is 43.6. The van der Waals surface area contributed by atoms with Crippen molar-refractivity contribution in [2.45, 2.75) is 19.6 Å². The van der Waals surface area contributed by atoms with Crippen molar-refractivity contribution in [1.29, 1.82) is 0 Å². The second kappa shape index (κ2) is 25.3. The number of rotatable bonds is 18. The van der Waals surface area contributed by atoms with E-state index in [2.05, 4.69) is 21.3 Å². The maximum atomic E-state index is 11.2. The Morgan fingerprint density at radius 3 is 1.33 bits per heavy atom. The number of aromatic carboxylic acids is 2. The highest BCUT2D eigenvalue weighted by Crippen LogP contribution is 2.25. The number of aliphatic hydroxyl groups is 2. The van der Waals surface area contributed by atoms with Crippen LogP contribution in [0.15, 0.2) is 146 Å². The van der Waals surface area contributed by atoms with Crippen molar-refractivity contribution in [1.82, 2.24) is 10.6 Å². The molecule has 0 saturated heterocycles. The van der Waals surface area contributed by atoms with E-state index in [1.807, 2.05) is 84.9 Å². The Labute approximate surface area is 367 Å². The van der Waals surface area contributed by atoms with E-state index in [9.17, 15) is 24.9 Å². The molecule has 6 rings (SSSR count). The third-order valence-corrected chi connectivity index (χ3v) is 9.47. The Balaban J connectivity index is 0.000000310. The SMILES string of the molecule is C.Cl.O=C(O)c1cccc(-c2cccc(NCCNC[C@H](O)c3cccc(Cl)c3)c2)c1.O=C([O-])c1cccc(-c2cccc(NCCNC[C@H](O)c3cccc(Cl)c3)c2)c1. The molecule has 7 N–H and O–H groups in total. The number of carboxylic acid groups (broad SMARTS) is 2. The first-order valence-electron chi connectivity index (χ1n) is 18.7. The molecule has 0 spiro atoms. The molecule has 0 saturated carbocycles. The molecule has 2 atom stereocenters. The summed E-state index contributed by atoms with van der Waals surface area (Å²) in [6.45, 7) is 3.56. The zero-order valence-electron chi connectivity index (χ0n) is 32.0. The molecule has 0 aromatic heterocycles. The predicted molar refractivity (Wildman–Crippen MR) is 245 cm³/mol. The molecule has 0 fully saturated rings. The van der Waals surface area contributed by atoms with E-state index in [0.717, 1.165) is 44.8 Å². The van der Waals surface area contributed by atoms with Crippen LogP contribution >= 0.6 is 35.6 Å². The summed E-state index contributed by atoms with van der Waals surface area (Å²) in [6.07, 6.45) is -1.23. The molecule has 0 aliphatic rings. The highest BCUT2D eigenvalue weighted by atomic mass is 35.5. The second-order valence-electron chi connectivity index (χ2n) is 13.3. The maximum absolute atomic E-state index is 11.2. The lowest BCUT2D eigenvalue weighted by atomic mass is 10.0. The number of hydrogen-bond donors (Lipinski definition) is 7. The molecule has 0 aliphatic carbocycles. The van der Waals surface area contributed by atoms with E-state index in [1.165, 1.54) is 6.07 Å². The van der Waals surface area contributed by atoms with Crippen LogP contribution in [0.2, 0.25) is 10.0 Å². The van der Waals surface area contributed by atoms with Crippen molar-refractivity contribution in [2.75, 3.05) is 49.9 Å². The van der Waals surface area contributed by atoms with Crippen molar-refractivity contribution in [3.05, 3.63) is 178 Å².